The molecule has 0 aliphatic carbocycles. The van der Waals surface area contributed by atoms with Crippen LogP contribution < -0.4 is 0 Å². The van der Waals surface area contributed by atoms with Gasteiger partial charge in [0.25, 0.3) is 0 Å². The summed E-state index contributed by atoms with van der Waals surface area (Å²) in [5.41, 5.74) is 0.568. The van der Waals surface area contributed by atoms with E-state index in [1.807, 2.05) is 0 Å². The second-order valence-electron chi connectivity index (χ2n) is 2.72. The summed E-state index contributed by atoms with van der Waals surface area (Å²) in [4.78, 5) is 0.234. The van der Waals surface area contributed by atoms with E-state index in [1.165, 1.54) is 18.2 Å². The molecule has 3 nitrogen and oxygen atoms in total. The molecule has 0 fully saturated rings. The van der Waals surface area contributed by atoms with Crippen LogP contribution in [0.4, 0.5) is 0 Å². The van der Waals surface area contributed by atoms with E-state index in [2.05, 4.69) is 0 Å². The van der Waals surface area contributed by atoms with Crippen LogP contribution in [0.15, 0.2) is 23.1 Å². The Morgan fingerprint density at radius 1 is 1.33 bits per heavy atom. The van der Waals surface area contributed by atoms with Gasteiger partial charge >= 0.3 is 0 Å². The number of hydrogen-bond acceptors (Lipinski definition) is 3. The molecule has 0 unspecified atom stereocenters. The Labute approximate surface area is 71.6 Å². The average Bonchev–Trinajstić information content (AvgIpc) is 1.92. The van der Waals surface area contributed by atoms with E-state index in [4.69, 9.17) is 5.11 Å². The van der Waals surface area contributed by atoms with Crippen molar-refractivity contribution in [1.29, 1.82) is 0 Å². The fraction of sp³-hybridized carbons (Fsp3) is 0.250. The quantitative estimate of drug-likeness (QED) is 0.714. The average molecular weight is 186 g/mol. The summed E-state index contributed by atoms with van der Waals surface area (Å²) >= 11 is 0. The number of phenols is 1. The van der Waals surface area contributed by atoms with Crippen molar-refractivity contribution in [1.82, 2.24) is 0 Å². The van der Waals surface area contributed by atoms with E-state index in [0.29, 0.717) is 5.56 Å². The third kappa shape index (κ3) is 1.76. The van der Waals surface area contributed by atoms with E-state index in [1.54, 1.807) is 6.92 Å². The Balaban J connectivity index is 3.33. The minimum Gasteiger partial charge on any atom is -0.508 e. The molecule has 12 heavy (non-hydrogen) atoms. The Morgan fingerprint density at radius 2 is 1.92 bits per heavy atom. The smallest absolute Gasteiger partial charge is 0.175 e. The van der Waals surface area contributed by atoms with Crippen LogP contribution in [0.1, 0.15) is 5.56 Å². The number of aryl methyl sites for hydroxylation is 1. The van der Waals surface area contributed by atoms with Gasteiger partial charge in [0.1, 0.15) is 5.75 Å². The molecule has 0 atom stereocenters. The van der Waals surface area contributed by atoms with E-state index in [9.17, 15) is 8.42 Å². The summed E-state index contributed by atoms with van der Waals surface area (Å²) in [5.74, 6) is 0.113. The number of benzene rings is 1. The fourth-order valence-corrected chi connectivity index (χ4v) is 1.56. The third-order valence-corrected chi connectivity index (χ3v) is 2.71. The lowest BCUT2D eigenvalue weighted by Gasteiger charge is -2.01. The molecule has 1 N–H and O–H groups in total. The molecule has 66 valence electrons. The van der Waals surface area contributed by atoms with Crippen molar-refractivity contribution in [3.8, 4) is 5.75 Å². The number of hydrogen-bond donors (Lipinski definition) is 1. The first-order chi connectivity index (χ1) is 5.41. The molecule has 0 aliphatic heterocycles. The van der Waals surface area contributed by atoms with Gasteiger partial charge in [0.15, 0.2) is 9.84 Å². The topological polar surface area (TPSA) is 54.4 Å². The highest BCUT2D eigenvalue weighted by Gasteiger charge is 2.07. The third-order valence-electron chi connectivity index (χ3n) is 1.60. The monoisotopic (exact) mass is 186 g/mol. The highest BCUT2D eigenvalue weighted by molar-refractivity contribution is 7.90. The van der Waals surface area contributed by atoms with Gasteiger partial charge in [-0.15, -0.1) is 0 Å². The lowest BCUT2D eigenvalue weighted by molar-refractivity contribution is 0.470. The Kier molecular flexibility index (Phi) is 2.10. The predicted molar refractivity (Wildman–Crippen MR) is 46.0 cm³/mol. The second kappa shape index (κ2) is 2.79. The minimum absolute atomic E-state index is 0.113. The highest BCUT2D eigenvalue weighted by atomic mass is 32.2. The van der Waals surface area contributed by atoms with Crippen molar-refractivity contribution < 1.29 is 13.5 Å². The highest BCUT2D eigenvalue weighted by Crippen LogP contribution is 2.19. The van der Waals surface area contributed by atoms with Gasteiger partial charge in [0, 0.05) is 6.26 Å². The first-order valence-corrected chi connectivity index (χ1v) is 5.30. The van der Waals surface area contributed by atoms with E-state index in [0.717, 1.165) is 6.26 Å². The molecule has 1 aromatic carbocycles. The number of aromatic hydroxyl groups is 1. The summed E-state index contributed by atoms with van der Waals surface area (Å²) in [5, 5.41) is 9.11. The van der Waals surface area contributed by atoms with Gasteiger partial charge in [-0.05, 0) is 30.7 Å². The molecule has 0 bridgehead atoms. The molecule has 1 rings (SSSR count). The summed E-state index contributed by atoms with van der Waals surface area (Å²) in [6.07, 6.45) is 1.14. The van der Waals surface area contributed by atoms with E-state index < -0.39 is 9.84 Å². The van der Waals surface area contributed by atoms with Gasteiger partial charge in [-0.1, -0.05) is 0 Å². The maximum Gasteiger partial charge on any atom is 0.175 e. The van der Waals surface area contributed by atoms with Crippen LogP contribution in [0.3, 0.4) is 0 Å². The molecule has 0 saturated carbocycles. The summed E-state index contributed by atoms with van der Waals surface area (Å²) in [6, 6.07) is 4.22. The zero-order chi connectivity index (χ0) is 9.35. The molecule has 0 radical (unpaired) electrons. The van der Waals surface area contributed by atoms with Crippen LogP contribution in [-0.4, -0.2) is 19.8 Å². The van der Waals surface area contributed by atoms with Crippen molar-refractivity contribution in [2.75, 3.05) is 6.26 Å². The van der Waals surface area contributed by atoms with Gasteiger partial charge in [0.05, 0.1) is 4.90 Å². The first-order valence-electron chi connectivity index (χ1n) is 3.41. The Morgan fingerprint density at radius 3 is 2.33 bits per heavy atom. The van der Waals surface area contributed by atoms with E-state index in [-0.39, 0.29) is 10.6 Å². The number of phenolic OH excluding ortho intramolecular Hbond substituents is 1. The largest absolute Gasteiger partial charge is 0.508 e. The fourth-order valence-electron chi connectivity index (χ4n) is 0.859. The summed E-state index contributed by atoms with van der Waals surface area (Å²) in [7, 11) is -3.15. The molecule has 0 aromatic heterocycles. The molecule has 0 aliphatic rings. The van der Waals surface area contributed by atoms with E-state index >= 15 is 0 Å². The lowest BCUT2D eigenvalue weighted by Crippen LogP contribution is -1.96. The van der Waals surface area contributed by atoms with Crippen LogP contribution in [-0.2, 0) is 9.84 Å². The van der Waals surface area contributed by atoms with Gasteiger partial charge in [-0.3, -0.25) is 0 Å². The molecular weight excluding hydrogens is 176 g/mol. The molecule has 1 aromatic rings. The van der Waals surface area contributed by atoms with Crippen molar-refractivity contribution >= 4 is 9.84 Å². The lowest BCUT2D eigenvalue weighted by atomic mass is 10.2. The molecule has 0 saturated heterocycles. The first kappa shape index (κ1) is 9.06. The van der Waals surface area contributed by atoms with Gasteiger partial charge in [0.2, 0.25) is 0 Å². The Hall–Kier alpha value is -1.03. The number of sulfone groups is 1. The Bertz CT molecular complexity index is 393. The van der Waals surface area contributed by atoms with Crippen LogP contribution in [0.2, 0.25) is 0 Å². The van der Waals surface area contributed by atoms with Gasteiger partial charge in [-0.25, -0.2) is 8.42 Å². The van der Waals surface area contributed by atoms with Crippen LogP contribution in [0.25, 0.3) is 0 Å². The van der Waals surface area contributed by atoms with Crippen molar-refractivity contribution in [2.45, 2.75) is 11.8 Å². The van der Waals surface area contributed by atoms with Gasteiger partial charge < -0.3 is 5.11 Å². The molecule has 4 heteroatoms. The number of rotatable bonds is 1. The summed E-state index contributed by atoms with van der Waals surface area (Å²) in [6.45, 7) is 1.66. The predicted octanol–water partition coefficient (Wildman–Crippen LogP) is 1.10. The molecule has 0 heterocycles. The zero-order valence-electron chi connectivity index (χ0n) is 6.90. The van der Waals surface area contributed by atoms with Crippen LogP contribution >= 0.6 is 0 Å². The molecular formula is C8H10O3S. The minimum atomic E-state index is -3.15. The molecule has 0 spiro atoms. The van der Waals surface area contributed by atoms with Crippen LogP contribution in [0.5, 0.6) is 5.75 Å². The zero-order valence-corrected chi connectivity index (χ0v) is 7.72. The van der Waals surface area contributed by atoms with Crippen molar-refractivity contribution in [2.24, 2.45) is 0 Å². The van der Waals surface area contributed by atoms with Gasteiger partial charge in [-0.2, -0.15) is 0 Å². The normalized spacial score (nSPS) is 11.5. The van der Waals surface area contributed by atoms with Crippen molar-refractivity contribution in [3.05, 3.63) is 23.8 Å². The summed E-state index contributed by atoms with van der Waals surface area (Å²) < 4.78 is 22.0. The SMILES string of the molecule is Cc1cc(S(C)(=O)=O)ccc1O. The van der Waals surface area contributed by atoms with Crippen LogP contribution in [0, 0.1) is 6.92 Å². The maximum atomic E-state index is 11.0. The van der Waals surface area contributed by atoms with Crippen molar-refractivity contribution in [3.63, 3.8) is 0 Å². The maximum absolute atomic E-state index is 11.0. The second-order valence-corrected chi connectivity index (χ2v) is 4.74. The molecule has 0 amide bonds. The standard InChI is InChI=1S/C8H10O3S/c1-6-5-7(12(2,10)11)3-4-8(6)9/h3-5,9H,1-2H3.